The SMILES string of the molecule is Cc1ccc2c(c1)N(C(=O)c1ccccc1)C(C#N)C=C2. The average Bonchev–Trinajstić information content (AvgIpc) is 2.53. The molecule has 0 radical (unpaired) electrons. The first-order valence-corrected chi connectivity index (χ1v) is 6.78. The number of hydrogen-bond donors (Lipinski definition) is 0. The van der Waals surface area contributed by atoms with Crippen LogP contribution in [0.5, 0.6) is 0 Å². The topological polar surface area (TPSA) is 44.1 Å². The number of anilines is 1. The van der Waals surface area contributed by atoms with Crippen LogP contribution in [-0.2, 0) is 0 Å². The van der Waals surface area contributed by atoms with Crippen molar-refractivity contribution in [2.45, 2.75) is 13.0 Å². The first kappa shape index (κ1) is 13.1. The van der Waals surface area contributed by atoms with Gasteiger partial charge in [0.05, 0.1) is 11.8 Å². The van der Waals surface area contributed by atoms with Gasteiger partial charge in [0, 0.05) is 5.56 Å². The van der Waals surface area contributed by atoms with Crippen LogP contribution >= 0.6 is 0 Å². The molecule has 0 saturated carbocycles. The van der Waals surface area contributed by atoms with Gasteiger partial charge in [-0.3, -0.25) is 9.69 Å². The molecule has 0 fully saturated rings. The Morgan fingerprint density at radius 1 is 1.19 bits per heavy atom. The molecule has 3 heteroatoms. The molecule has 1 aliphatic heterocycles. The molecule has 3 nitrogen and oxygen atoms in total. The Morgan fingerprint density at radius 2 is 1.95 bits per heavy atom. The Hall–Kier alpha value is -2.86. The van der Waals surface area contributed by atoms with Crippen LogP contribution in [0.25, 0.3) is 6.08 Å². The highest BCUT2D eigenvalue weighted by Crippen LogP contribution is 2.31. The number of hydrogen-bond acceptors (Lipinski definition) is 2. The first-order valence-electron chi connectivity index (χ1n) is 6.78. The van der Waals surface area contributed by atoms with E-state index in [-0.39, 0.29) is 5.91 Å². The highest BCUT2D eigenvalue weighted by molar-refractivity contribution is 6.09. The third kappa shape index (κ3) is 2.32. The molecule has 102 valence electrons. The summed E-state index contributed by atoms with van der Waals surface area (Å²) in [5.74, 6) is -0.154. The maximum absolute atomic E-state index is 12.8. The van der Waals surface area contributed by atoms with E-state index in [1.165, 1.54) is 0 Å². The highest BCUT2D eigenvalue weighted by Gasteiger charge is 2.28. The summed E-state index contributed by atoms with van der Waals surface area (Å²) < 4.78 is 0. The van der Waals surface area contributed by atoms with Gasteiger partial charge in [0.2, 0.25) is 0 Å². The van der Waals surface area contributed by atoms with Crippen molar-refractivity contribution in [2.24, 2.45) is 0 Å². The Labute approximate surface area is 123 Å². The van der Waals surface area contributed by atoms with Gasteiger partial charge in [-0.05, 0) is 42.3 Å². The normalized spacial score (nSPS) is 16.2. The van der Waals surface area contributed by atoms with Crippen molar-refractivity contribution >= 4 is 17.7 Å². The second kappa shape index (κ2) is 5.26. The Bertz CT molecular complexity index is 757. The van der Waals surface area contributed by atoms with Crippen LogP contribution in [0.4, 0.5) is 5.69 Å². The van der Waals surface area contributed by atoms with E-state index in [1.807, 2.05) is 49.4 Å². The molecule has 1 heterocycles. The van der Waals surface area contributed by atoms with Gasteiger partial charge >= 0.3 is 0 Å². The fourth-order valence-corrected chi connectivity index (χ4v) is 2.49. The lowest BCUT2D eigenvalue weighted by atomic mass is 10.00. The van der Waals surface area contributed by atoms with Gasteiger partial charge in [0.15, 0.2) is 0 Å². The fraction of sp³-hybridized carbons (Fsp3) is 0.111. The molecule has 0 aliphatic carbocycles. The number of nitrogens with zero attached hydrogens (tertiary/aromatic N) is 2. The summed E-state index contributed by atoms with van der Waals surface area (Å²) >= 11 is 0. The number of carbonyl (C=O) groups is 1. The predicted molar refractivity (Wildman–Crippen MR) is 82.9 cm³/mol. The van der Waals surface area contributed by atoms with Gasteiger partial charge in [-0.15, -0.1) is 0 Å². The number of fused-ring (bicyclic) bond motifs is 1. The van der Waals surface area contributed by atoms with Crippen molar-refractivity contribution in [2.75, 3.05) is 4.90 Å². The molecule has 1 aliphatic rings. The summed E-state index contributed by atoms with van der Waals surface area (Å²) in [4.78, 5) is 14.4. The van der Waals surface area contributed by atoms with E-state index in [2.05, 4.69) is 6.07 Å². The maximum Gasteiger partial charge on any atom is 0.259 e. The summed E-state index contributed by atoms with van der Waals surface area (Å²) in [5.41, 5.74) is 3.39. The molecule has 0 spiro atoms. The van der Waals surface area contributed by atoms with Crippen LogP contribution in [0.15, 0.2) is 54.6 Å². The van der Waals surface area contributed by atoms with Gasteiger partial charge < -0.3 is 0 Å². The molecule has 1 amide bonds. The highest BCUT2D eigenvalue weighted by atomic mass is 16.2. The summed E-state index contributed by atoms with van der Waals surface area (Å²) in [5, 5.41) is 9.36. The molecule has 3 rings (SSSR count). The minimum Gasteiger partial charge on any atom is -0.288 e. The van der Waals surface area contributed by atoms with E-state index in [0.29, 0.717) is 5.56 Å². The van der Waals surface area contributed by atoms with Crippen LogP contribution in [0.3, 0.4) is 0 Å². The number of rotatable bonds is 1. The number of carbonyl (C=O) groups excluding carboxylic acids is 1. The van der Waals surface area contributed by atoms with Gasteiger partial charge in [0.1, 0.15) is 6.04 Å². The smallest absolute Gasteiger partial charge is 0.259 e. The van der Waals surface area contributed by atoms with Gasteiger partial charge in [-0.25, -0.2) is 0 Å². The molecule has 2 aromatic carbocycles. The summed E-state index contributed by atoms with van der Waals surface area (Å²) in [6, 6.07) is 16.6. The van der Waals surface area contributed by atoms with Gasteiger partial charge in [-0.1, -0.05) is 36.4 Å². The molecular formula is C18H14N2O. The van der Waals surface area contributed by atoms with Crippen molar-refractivity contribution in [1.82, 2.24) is 0 Å². The van der Waals surface area contributed by atoms with E-state index in [4.69, 9.17) is 0 Å². The summed E-state index contributed by atoms with van der Waals surface area (Å²) in [6.45, 7) is 1.98. The molecular weight excluding hydrogens is 260 g/mol. The van der Waals surface area contributed by atoms with E-state index in [1.54, 1.807) is 23.1 Å². The van der Waals surface area contributed by atoms with E-state index < -0.39 is 6.04 Å². The molecule has 0 bridgehead atoms. The maximum atomic E-state index is 12.8. The second-order valence-electron chi connectivity index (χ2n) is 5.04. The zero-order valence-corrected chi connectivity index (χ0v) is 11.7. The Morgan fingerprint density at radius 3 is 2.67 bits per heavy atom. The molecule has 0 saturated heterocycles. The van der Waals surface area contributed by atoms with Crippen LogP contribution in [0.1, 0.15) is 21.5 Å². The lowest BCUT2D eigenvalue weighted by Gasteiger charge is -2.30. The second-order valence-corrected chi connectivity index (χ2v) is 5.04. The van der Waals surface area contributed by atoms with Gasteiger partial charge in [0.25, 0.3) is 5.91 Å². The number of nitriles is 1. The molecule has 0 N–H and O–H groups in total. The standard InChI is InChI=1S/C18H14N2O/c1-13-7-8-14-9-10-16(12-19)20(17(14)11-13)18(21)15-5-3-2-4-6-15/h2-11,16H,1H3. The zero-order chi connectivity index (χ0) is 14.8. The van der Waals surface area contributed by atoms with E-state index >= 15 is 0 Å². The minimum atomic E-state index is -0.577. The Kier molecular flexibility index (Phi) is 3.29. The van der Waals surface area contributed by atoms with Crippen LogP contribution < -0.4 is 4.90 Å². The summed E-state index contributed by atoms with van der Waals surface area (Å²) in [6.07, 6.45) is 3.66. The molecule has 0 aromatic heterocycles. The third-order valence-corrected chi connectivity index (χ3v) is 3.55. The quantitative estimate of drug-likeness (QED) is 0.798. The molecule has 1 unspecified atom stereocenters. The fourth-order valence-electron chi connectivity index (χ4n) is 2.49. The van der Waals surface area contributed by atoms with Crippen LogP contribution in [0, 0.1) is 18.3 Å². The van der Waals surface area contributed by atoms with Crippen LogP contribution in [0.2, 0.25) is 0 Å². The largest absolute Gasteiger partial charge is 0.288 e. The number of aryl methyl sites for hydroxylation is 1. The number of benzene rings is 2. The van der Waals surface area contributed by atoms with Crippen molar-refractivity contribution < 1.29 is 4.79 Å². The average molecular weight is 274 g/mol. The van der Waals surface area contributed by atoms with E-state index in [9.17, 15) is 10.1 Å². The monoisotopic (exact) mass is 274 g/mol. The van der Waals surface area contributed by atoms with Crippen molar-refractivity contribution in [3.8, 4) is 6.07 Å². The molecule has 1 atom stereocenters. The third-order valence-electron chi connectivity index (χ3n) is 3.55. The summed E-state index contributed by atoms with van der Waals surface area (Å²) in [7, 11) is 0. The van der Waals surface area contributed by atoms with Gasteiger partial charge in [-0.2, -0.15) is 5.26 Å². The molecule has 2 aromatic rings. The number of amides is 1. The minimum absolute atomic E-state index is 0.154. The van der Waals surface area contributed by atoms with Crippen molar-refractivity contribution in [3.63, 3.8) is 0 Å². The lowest BCUT2D eigenvalue weighted by Crippen LogP contribution is -2.40. The lowest BCUT2D eigenvalue weighted by molar-refractivity contribution is 0.0985. The molecule has 21 heavy (non-hydrogen) atoms. The Balaban J connectivity index is 2.11. The van der Waals surface area contributed by atoms with Crippen LogP contribution in [-0.4, -0.2) is 11.9 Å². The van der Waals surface area contributed by atoms with E-state index in [0.717, 1.165) is 16.8 Å². The first-order chi connectivity index (χ1) is 10.2. The van der Waals surface area contributed by atoms with Crippen molar-refractivity contribution in [3.05, 3.63) is 71.3 Å². The predicted octanol–water partition coefficient (Wildman–Crippen LogP) is 3.56. The van der Waals surface area contributed by atoms with Crippen molar-refractivity contribution in [1.29, 1.82) is 5.26 Å². The zero-order valence-electron chi connectivity index (χ0n) is 11.7.